The third-order valence-corrected chi connectivity index (χ3v) is 7.33. The fourth-order valence-corrected chi connectivity index (χ4v) is 5.54. The number of anilines is 2. The van der Waals surface area contributed by atoms with Gasteiger partial charge in [0.05, 0.1) is 11.5 Å². The molecule has 4 rings (SSSR count). The molecule has 1 aliphatic heterocycles. The summed E-state index contributed by atoms with van der Waals surface area (Å²) in [6.45, 7) is 4.91. The molecule has 1 N–H and O–H groups in total. The lowest BCUT2D eigenvalue weighted by atomic mass is 10.1. The predicted octanol–water partition coefficient (Wildman–Crippen LogP) is 4.27. The topological polar surface area (TPSA) is 75.7 Å². The molecule has 1 saturated carbocycles. The van der Waals surface area contributed by atoms with Gasteiger partial charge >= 0.3 is 0 Å². The van der Waals surface area contributed by atoms with Gasteiger partial charge in [-0.1, -0.05) is 12.8 Å². The first-order chi connectivity index (χ1) is 14.4. The van der Waals surface area contributed by atoms with E-state index in [2.05, 4.69) is 4.72 Å². The molecule has 0 radical (unpaired) electrons. The molecule has 160 valence electrons. The first-order valence-corrected chi connectivity index (χ1v) is 12.1. The van der Waals surface area contributed by atoms with Gasteiger partial charge in [-0.3, -0.25) is 9.52 Å². The maximum absolute atomic E-state index is 12.9. The second-order valence-electron chi connectivity index (χ2n) is 8.03. The second kappa shape index (κ2) is 8.30. The van der Waals surface area contributed by atoms with Crippen LogP contribution in [0.15, 0.2) is 41.3 Å². The Balaban J connectivity index is 1.52. The van der Waals surface area contributed by atoms with Crippen molar-refractivity contribution in [3.8, 4) is 5.75 Å². The van der Waals surface area contributed by atoms with Gasteiger partial charge in [-0.25, -0.2) is 8.42 Å². The summed E-state index contributed by atoms with van der Waals surface area (Å²) in [4.78, 5) is 14.9. The van der Waals surface area contributed by atoms with Crippen molar-refractivity contribution in [2.24, 2.45) is 5.92 Å². The van der Waals surface area contributed by atoms with Gasteiger partial charge < -0.3 is 9.64 Å². The fourth-order valence-electron chi connectivity index (χ4n) is 4.41. The highest BCUT2D eigenvalue weighted by molar-refractivity contribution is 7.92. The Bertz CT molecular complexity index is 1060. The zero-order chi connectivity index (χ0) is 21.3. The van der Waals surface area contributed by atoms with E-state index in [1.807, 2.05) is 30.9 Å². The minimum atomic E-state index is -3.71. The Hall–Kier alpha value is -2.54. The number of carbonyl (C=O) groups is 1. The molecular formula is C23H28N2O4S. The molecule has 1 fully saturated rings. The number of carbonyl (C=O) groups excluding carboxylic acids is 1. The molecule has 0 bridgehead atoms. The minimum Gasteiger partial charge on any atom is -0.494 e. The van der Waals surface area contributed by atoms with E-state index in [0.29, 0.717) is 24.6 Å². The molecule has 0 saturated heterocycles. The van der Waals surface area contributed by atoms with Crippen LogP contribution in [0.25, 0.3) is 0 Å². The predicted molar refractivity (Wildman–Crippen MR) is 118 cm³/mol. The molecule has 1 heterocycles. The molecule has 30 heavy (non-hydrogen) atoms. The summed E-state index contributed by atoms with van der Waals surface area (Å²) >= 11 is 0. The lowest BCUT2D eigenvalue weighted by molar-refractivity contribution is -0.122. The largest absolute Gasteiger partial charge is 0.494 e. The van der Waals surface area contributed by atoms with E-state index >= 15 is 0 Å². The maximum Gasteiger partial charge on any atom is 0.261 e. The quantitative estimate of drug-likeness (QED) is 0.745. The van der Waals surface area contributed by atoms with Crippen LogP contribution in [0.3, 0.4) is 0 Å². The zero-order valence-electron chi connectivity index (χ0n) is 17.5. The fraction of sp³-hybridized carbons (Fsp3) is 0.435. The summed E-state index contributed by atoms with van der Waals surface area (Å²) in [7, 11) is -3.71. The Morgan fingerprint density at radius 3 is 2.63 bits per heavy atom. The van der Waals surface area contributed by atoms with Crippen LogP contribution >= 0.6 is 0 Å². The first kappa shape index (κ1) is 20.7. The van der Waals surface area contributed by atoms with E-state index in [1.165, 1.54) is 0 Å². The van der Waals surface area contributed by atoms with Crippen molar-refractivity contribution in [1.82, 2.24) is 0 Å². The Labute approximate surface area is 178 Å². The molecule has 6 nitrogen and oxygen atoms in total. The van der Waals surface area contributed by atoms with Crippen molar-refractivity contribution in [2.45, 2.75) is 50.8 Å². The highest BCUT2D eigenvalue weighted by Crippen LogP contribution is 2.35. The van der Waals surface area contributed by atoms with Crippen LogP contribution in [0, 0.1) is 12.8 Å². The Morgan fingerprint density at radius 1 is 1.17 bits per heavy atom. The lowest BCUT2D eigenvalue weighted by Gasteiger charge is -2.21. The van der Waals surface area contributed by atoms with E-state index in [0.717, 1.165) is 48.9 Å². The first-order valence-electron chi connectivity index (χ1n) is 10.6. The number of amides is 1. The molecule has 2 aliphatic rings. The van der Waals surface area contributed by atoms with Gasteiger partial charge in [-0.05, 0) is 80.6 Å². The summed E-state index contributed by atoms with van der Waals surface area (Å²) in [5, 5.41) is 0. The van der Waals surface area contributed by atoms with E-state index in [9.17, 15) is 13.2 Å². The van der Waals surface area contributed by atoms with Crippen molar-refractivity contribution >= 4 is 27.3 Å². The van der Waals surface area contributed by atoms with Crippen molar-refractivity contribution in [3.05, 3.63) is 47.5 Å². The van der Waals surface area contributed by atoms with Gasteiger partial charge in [0, 0.05) is 23.8 Å². The van der Waals surface area contributed by atoms with Gasteiger partial charge in [0.1, 0.15) is 5.75 Å². The van der Waals surface area contributed by atoms with E-state index in [4.69, 9.17) is 4.74 Å². The summed E-state index contributed by atoms with van der Waals surface area (Å²) < 4.78 is 33.9. The summed E-state index contributed by atoms with van der Waals surface area (Å²) in [5.74, 6) is 1.03. The number of rotatable bonds is 6. The van der Waals surface area contributed by atoms with Crippen LogP contribution in [0.4, 0.5) is 11.4 Å². The molecule has 0 spiro atoms. The molecule has 1 amide bonds. The molecule has 0 atom stereocenters. The number of ether oxygens (including phenoxy) is 1. The average molecular weight is 429 g/mol. The summed E-state index contributed by atoms with van der Waals surface area (Å²) in [6, 6.07) is 10.3. The molecular weight excluding hydrogens is 400 g/mol. The number of nitrogens with zero attached hydrogens (tertiary/aromatic N) is 1. The minimum absolute atomic E-state index is 0.136. The van der Waals surface area contributed by atoms with Crippen LogP contribution in [0.2, 0.25) is 0 Å². The highest BCUT2D eigenvalue weighted by Gasteiger charge is 2.32. The van der Waals surface area contributed by atoms with Crippen molar-refractivity contribution in [1.29, 1.82) is 0 Å². The normalized spacial score (nSPS) is 16.5. The summed E-state index contributed by atoms with van der Waals surface area (Å²) in [5.41, 5.74) is 3.20. The lowest BCUT2D eigenvalue weighted by Crippen LogP contribution is -2.33. The number of sulfonamides is 1. The van der Waals surface area contributed by atoms with E-state index < -0.39 is 10.0 Å². The average Bonchev–Trinajstić information content (AvgIpc) is 3.38. The maximum atomic E-state index is 12.9. The van der Waals surface area contributed by atoms with Crippen LogP contribution < -0.4 is 14.4 Å². The van der Waals surface area contributed by atoms with Gasteiger partial charge in [-0.15, -0.1) is 0 Å². The number of hydrogen-bond acceptors (Lipinski definition) is 4. The number of nitrogens with one attached hydrogen (secondary N) is 1. The molecule has 7 heteroatoms. The van der Waals surface area contributed by atoms with Gasteiger partial charge in [0.25, 0.3) is 10.0 Å². The van der Waals surface area contributed by atoms with Crippen molar-refractivity contribution in [3.63, 3.8) is 0 Å². The smallest absolute Gasteiger partial charge is 0.261 e. The Kier molecular flexibility index (Phi) is 5.73. The van der Waals surface area contributed by atoms with E-state index in [-0.39, 0.29) is 16.7 Å². The number of benzene rings is 2. The van der Waals surface area contributed by atoms with Crippen molar-refractivity contribution in [2.75, 3.05) is 22.8 Å². The van der Waals surface area contributed by atoms with Crippen LogP contribution in [-0.2, 0) is 21.2 Å². The molecule has 0 unspecified atom stereocenters. The second-order valence-corrected chi connectivity index (χ2v) is 9.71. The zero-order valence-corrected chi connectivity index (χ0v) is 18.3. The third kappa shape index (κ3) is 4.03. The molecule has 0 aromatic heterocycles. The molecule has 2 aromatic carbocycles. The van der Waals surface area contributed by atoms with E-state index in [1.54, 1.807) is 24.3 Å². The number of hydrogen-bond donors (Lipinski definition) is 1. The SMILES string of the molecule is CCOc1ccc(S(=O)(=O)Nc2ccc3c(c2)CCN3C(=O)C2CCCC2)cc1C. The summed E-state index contributed by atoms with van der Waals surface area (Å²) in [6.07, 6.45) is 4.95. The van der Waals surface area contributed by atoms with Crippen molar-refractivity contribution < 1.29 is 17.9 Å². The molecule has 2 aromatic rings. The van der Waals surface area contributed by atoms with Crippen LogP contribution in [0.5, 0.6) is 5.75 Å². The molecule has 1 aliphatic carbocycles. The van der Waals surface area contributed by atoms with Crippen LogP contribution in [0.1, 0.15) is 43.7 Å². The Morgan fingerprint density at radius 2 is 1.93 bits per heavy atom. The third-order valence-electron chi connectivity index (χ3n) is 5.95. The van der Waals surface area contributed by atoms with Gasteiger partial charge in [0.2, 0.25) is 5.91 Å². The standard InChI is InChI=1S/C23H28N2O4S/c1-3-29-22-11-9-20(14-16(22)2)30(27,28)24-19-8-10-21-18(15-19)12-13-25(21)23(26)17-6-4-5-7-17/h8-11,14-15,17,24H,3-7,12-13H2,1-2H3. The van der Waals surface area contributed by atoms with Gasteiger partial charge in [-0.2, -0.15) is 0 Å². The van der Waals surface area contributed by atoms with Crippen LogP contribution in [-0.4, -0.2) is 27.5 Å². The number of fused-ring (bicyclic) bond motifs is 1. The van der Waals surface area contributed by atoms with Gasteiger partial charge in [0.15, 0.2) is 0 Å². The number of aryl methyl sites for hydroxylation is 1. The monoisotopic (exact) mass is 428 g/mol. The highest BCUT2D eigenvalue weighted by atomic mass is 32.2.